The molecule has 228 valence electrons. The fraction of sp³-hybridized carbons (Fsp3) is 0.667. The third-order valence-electron chi connectivity index (χ3n) is 10.9. The summed E-state index contributed by atoms with van der Waals surface area (Å²) in [5.74, 6) is -1.22. The number of fused-ring (bicyclic) bond motifs is 1. The largest absolute Gasteiger partial charge is 0.359 e. The van der Waals surface area contributed by atoms with Crippen LogP contribution in [0.1, 0.15) is 65.7 Å². The molecule has 6 rings (SSSR count). The van der Waals surface area contributed by atoms with Crippen molar-refractivity contribution in [3.8, 4) is 0 Å². The van der Waals surface area contributed by atoms with E-state index in [9.17, 15) is 14.4 Å². The number of nitrogens with zero attached hydrogens (tertiary/aromatic N) is 2. The van der Waals surface area contributed by atoms with E-state index >= 15 is 0 Å². The zero-order valence-corrected chi connectivity index (χ0v) is 25.8. The van der Waals surface area contributed by atoms with Crippen LogP contribution in [0.25, 0.3) is 0 Å². The highest BCUT2D eigenvalue weighted by Crippen LogP contribution is 2.55. The lowest BCUT2D eigenvalue weighted by molar-refractivity contribution is -0.142. The zero-order valence-electron chi connectivity index (χ0n) is 25.1. The molecule has 1 aromatic rings. The van der Waals surface area contributed by atoms with Crippen LogP contribution < -0.4 is 10.6 Å². The van der Waals surface area contributed by atoms with Gasteiger partial charge in [-0.2, -0.15) is 0 Å². The van der Waals surface area contributed by atoms with E-state index in [1.807, 2.05) is 12.2 Å². The Hall–Kier alpha value is -2.42. The average molecular weight is 597 g/mol. The van der Waals surface area contributed by atoms with Gasteiger partial charge in [-0.05, 0) is 62.3 Å². The molecular weight excluding hydrogens is 552 g/mol. The van der Waals surface area contributed by atoms with Gasteiger partial charge in [-0.25, -0.2) is 0 Å². The molecule has 1 aliphatic carbocycles. The Morgan fingerprint density at radius 2 is 1.93 bits per heavy atom. The van der Waals surface area contributed by atoms with Gasteiger partial charge in [0.25, 0.3) is 0 Å². The summed E-state index contributed by atoms with van der Waals surface area (Å²) in [5.41, 5.74) is -0.585. The number of rotatable bonds is 8. The molecule has 42 heavy (non-hydrogen) atoms. The van der Waals surface area contributed by atoms with Crippen LogP contribution in [0.2, 0.25) is 5.02 Å². The van der Waals surface area contributed by atoms with E-state index in [0.29, 0.717) is 41.7 Å². The number of anilines is 1. The third-order valence-corrected chi connectivity index (χ3v) is 11.1. The number of halogens is 1. The van der Waals surface area contributed by atoms with Crippen LogP contribution in [0.15, 0.2) is 36.4 Å². The van der Waals surface area contributed by atoms with E-state index in [0.717, 1.165) is 38.6 Å². The molecule has 3 amide bonds. The molecule has 9 atom stereocenters. The first-order chi connectivity index (χ1) is 20.2. The summed E-state index contributed by atoms with van der Waals surface area (Å²) in [6.07, 6.45) is 11.0. The van der Waals surface area contributed by atoms with Gasteiger partial charge in [-0.3, -0.25) is 19.3 Å². The van der Waals surface area contributed by atoms with Gasteiger partial charge in [-0.1, -0.05) is 69.9 Å². The standard InChI is InChI=1S/C33H45ClN4O4/c1-4-24-12-5-6-16-37(24)17-18-38-29(31(40)36-25-13-7-9-20(2)21(25)3)33-15-14-26(42-33)27(28(33)32(38)41)30(39)35-23-11-8-10-22(34)19-23/h8,10-11,14-15,19-21,24-29H,4-7,9,12-13,16-18H2,1-3H3,(H,35,39)(H,36,40). The maximum Gasteiger partial charge on any atom is 0.246 e. The molecule has 5 aliphatic rings. The van der Waals surface area contributed by atoms with Crippen molar-refractivity contribution in [2.75, 3.05) is 25.0 Å². The highest BCUT2D eigenvalue weighted by molar-refractivity contribution is 6.30. The molecule has 4 aliphatic heterocycles. The van der Waals surface area contributed by atoms with E-state index in [-0.39, 0.29) is 23.8 Å². The lowest BCUT2D eigenvalue weighted by atomic mass is 9.73. The number of ether oxygens (including phenoxy) is 1. The van der Waals surface area contributed by atoms with Gasteiger partial charge in [0.15, 0.2) is 0 Å². The fourth-order valence-corrected chi connectivity index (χ4v) is 8.59. The summed E-state index contributed by atoms with van der Waals surface area (Å²) in [7, 11) is 0. The second-order valence-electron chi connectivity index (χ2n) is 13.2. The number of carbonyl (C=O) groups excluding carboxylic acids is 3. The summed E-state index contributed by atoms with van der Waals surface area (Å²) in [5, 5.41) is 6.83. The lowest BCUT2D eigenvalue weighted by Crippen LogP contribution is -2.58. The molecule has 2 bridgehead atoms. The number of likely N-dealkylation sites (tertiary alicyclic amines) is 2. The van der Waals surface area contributed by atoms with Gasteiger partial charge >= 0.3 is 0 Å². The highest BCUT2D eigenvalue weighted by atomic mass is 35.5. The van der Waals surface area contributed by atoms with Crippen molar-refractivity contribution in [3.05, 3.63) is 41.4 Å². The maximum atomic E-state index is 14.4. The highest BCUT2D eigenvalue weighted by Gasteiger charge is 2.72. The monoisotopic (exact) mass is 596 g/mol. The molecular formula is C33H45ClN4O4. The Kier molecular flexibility index (Phi) is 8.42. The zero-order chi connectivity index (χ0) is 29.6. The van der Waals surface area contributed by atoms with Crippen molar-refractivity contribution in [2.45, 2.75) is 95.5 Å². The predicted octanol–water partition coefficient (Wildman–Crippen LogP) is 4.63. The number of amides is 3. The van der Waals surface area contributed by atoms with E-state index in [1.54, 1.807) is 29.2 Å². The average Bonchev–Trinajstić information content (AvgIpc) is 3.61. The SMILES string of the molecule is CCC1CCCCN1CCN1C(=O)C2C(C(=O)Nc3cccc(Cl)c3)C3C=CC2(O3)C1C(=O)NC1CCCC(C)C1C. The summed E-state index contributed by atoms with van der Waals surface area (Å²) < 4.78 is 6.55. The first-order valence-electron chi connectivity index (χ1n) is 16.0. The molecule has 9 heteroatoms. The van der Waals surface area contributed by atoms with E-state index in [4.69, 9.17) is 16.3 Å². The van der Waals surface area contributed by atoms with Crippen molar-refractivity contribution in [3.63, 3.8) is 0 Å². The third kappa shape index (κ3) is 5.17. The summed E-state index contributed by atoms with van der Waals surface area (Å²) >= 11 is 6.16. The minimum absolute atomic E-state index is 0.0599. The Morgan fingerprint density at radius 1 is 1.10 bits per heavy atom. The van der Waals surface area contributed by atoms with Crippen molar-refractivity contribution < 1.29 is 19.1 Å². The topological polar surface area (TPSA) is 91.0 Å². The van der Waals surface area contributed by atoms with Crippen molar-refractivity contribution in [1.82, 2.24) is 15.1 Å². The van der Waals surface area contributed by atoms with Gasteiger partial charge < -0.3 is 20.3 Å². The molecule has 8 nitrogen and oxygen atoms in total. The Morgan fingerprint density at radius 3 is 2.71 bits per heavy atom. The minimum atomic E-state index is -1.16. The van der Waals surface area contributed by atoms with Crippen LogP contribution in [0.5, 0.6) is 0 Å². The molecule has 1 saturated carbocycles. The van der Waals surface area contributed by atoms with Gasteiger partial charge in [0.1, 0.15) is 11.6 Å². The summed E-state index contributed by atoms with van der Waals surface area (Å²) in [6.45, 7) is 8.83. The number of nitrogens with one attached hydrogen (secondary N) is 2. The molecule has 1 aromatic carbocycles. The first kappa shape index (κ1) is 29.6. The predicted molar refractivity (Wildman–Crippen MR) is 163 cm³/mol. The number of piperidine rings is 1. The maximum absolute atomic E-state index is 14.4. The van der Waals surface area contributed by atoms with Crippen LogP contribution in [0.4, 0.5) is 5.69 Å². The summed E-state index contributed by atoms with van der Waals surface area (Å²) in [4.78, 5) is 46.6. The quantitative estimate of drug-likeness (QED) is 0.427. The smallest absolute Gasteiger partial charge is 0.246 e. The lowest BCUT2D eigenvalue weighted by Gasteiger charge is -2.39. The normalized spacial score (nSPS) is 37.6. The fourth-order valence-electron chi connectivity index (χ4n) is 8.40. The second-order valence-corrected chi connectivity index (χ2v) is 13.6. The van der Waals surface area contributed by atoms with Gasteiger partial charge in [0, 0.05) is 35.9 Å². The van der Waals surface area contributed by atoms with Crippen molar-refractivity contribution >= 4 is 35.0 Å². The molecule has 9 unspecified atom stereocenters. The number of benzene rings is 1. The Labute approximate surface area is 254 Å². The summed E-state index contributed by atoms with van der Waals surface area (Å²) in [6, 6.07) is 6.73. The van der Waals surface area contributed by atoms with Crippen LogP contribution >= 0.6 is 11.6 Å². The Balaban J connectivity index is 1.28. The molecule has 4 fully saturated rings. The molecule has 1 spiro atoms. The van der Waals surface area contributed by atoms with Crippen LogP contribution in [0.3, 0.4) is 0 Å². The van der Waals surface area contributed by atoms with E-state index in [1.165, 1.54) is 12.8 Å². The number of carbonyl (C=O) groups is 3. The van der Waals surface area contributed by atoms with Crippen LogP contribution in [-0.4, -0.2) is 77.0 Å². The molecule has 3 saturated heterocycles. The number of hydrogen-bond donors (Lipinski definition) is 2. The first-order valence-corrected chi connectivity index (χ1v) is 16.4. The van der Waals surface area contributed by atoms with E-state index in [2.05, 4.69) is 36.3 Å². The van der Waals surface area contributed by atoms with Gasteiger partial charge in [0.2, 0.25) is 17.7 Å². The van der Waals surface area contributed by atoms with Crippen LogP contribution in [-0.2, 0) is 19.1 Å². The number of hydrogen-bond acceptors (Lipinski definition) is 5. The molecule has 0 aromatic heterocycles. The van der Waals surface area contributed by atoms with Gasteiger partial charge in [-0.15, -0.1) is 0 Å². The molecule has 0 radical (unpaired) electrons. The molecule has 2 N–H and O–H groups in total. The molecule has 4 heterocycles. The Bertz CT molecular complexity index is 1240. The van der Waals surface area contributed by atoms with E-state index < -0.39 is 29.6 Å². The van der Waals surface area contributed by atoms with Crippen molar-refractivity contribution in [2.24, 2.45) is 23.7 Å². The van der Waals surface area contributed by atoms with Crippen molar-refractivity contribution in [1.29, 1.82) is 0 Å². The van der Waals surface area contributed by atoms with Crippen LogP contribution in [0, 0.1) is 23.7 Å². The van der Waals surface area contributed by atoms with Gasteiger partial charge in [0.05, 0.1) is 17.9 Å². The minimum Gasteiger partial charge on any atom is -0.359 e. The second kappa shape index (κ2) is 11.9.